The number of hydrogen-bond donors (Lipinski definition) is 1. The molecular weight excluding hydrogens is 512 g/mol. The number of amides is 1. The van der Waals surface area contributed by atoms with Crippen molar-refractivity contribution in [1.82, 2.24) is 5.32 Å². The summed E-state index contributed by atoms with van der Waals surface area (Å²) in [4.78, 5) is 13.0. The Morgan fingerprint density at radius 2 is 1.38 bits per heavy atom. The molecule has 0 aliphatic rings. The molecular formula is C31H32N2O5S. The number of benzene rings is 4. The molecule has 0 fully saturated rings. The van der Waals surface area contributed by atoms with E-state index in [1.807, 2.05) is 54.6 Å². The van der Waals surface area contributed by atoms with Crippen molar-refractivity contribution in [3.63, 3.8) is 0 Å². The van der Waals surface area contributed by atoms with E-state index in [9.17, 15) is 13.2 Å². The van der Waals surface area contributed by atoms with E-state index in [0.29, 0.717) is 23.1 Å². The minimum Gasteiger partial charge on any atom is -0.491 e. The topological polar surface area (TPSA) is 84.9 Å². The van der Waals surface area contributed by atoms with Crippen molar-refractivity contribution in [3.8, 4) is 17.2 Å². The van der Waals surface area contributed by atoms with Crippen molar-refractivity contribution in [2.75, 3.05) is 24.0 Å². The Morgan fingerprint density at radius 3 is 2.05 bits per heavy atom. The molecule has 0 radical (unpaired) electrons. The summed E-state index contributed by atoms with van der Waals surface area (Å²) >= 11 is 0. The molecule has 1 N–H and O–H groups in total. The van der Waals surface area contributed by atoms with E-state index >= 15 is 0 Å². The molecule has 0 saturated carbocycles. The normalized spacial score (nSPS) is 11.2. The van der Waals surface area contributed by atoms with Crippen molar-refractivity contribution in [2.24, 2.45) is 0 Å². The van der Waals surface area contributed by atoms with Crippen LogP contribution in [0.15, 0.2) is 114 Å². The van der Waals surface area contributed by atoms with Gasteiger partial charge in [0.1, 0.15) is 30.4 Å². The number of rotatable bonds is 12. The molecule has 4 aromatic carbocycles. The van der Waals surface area contributed by atoms with Gasteiger partial charge in [-0.05, 0) is 66.1 Å². The number of para-hydroxylation sites is 2. The second-order valence-electron chi connectivity index (χ2n) is 9.12. The predicted molar refractivity (Wildman–Crippen MR) is 153 cm³/mol. The van der Waals surface area contributed by atoms with Crippen LogP contribution in [0.3, 0.4) is 0 Å². The zero-order valence-corrected chi connectivity index (χ0v) is 22.8. The van der Waals surface area contributed by atoms with Crippen LogP contribution in [-0.2, 0) is 14.8 Å². The van der Waals surface area contributed by atoms with E-state index in [0.717, 1.165) is 15.6 Å². The molecule has 0 atom stereocenters. The maximum atomic E-state index is 13.6. The first-order valence-corrected chi connectivity index (χ1v) is 14.2. The highest BCUT2D eigenvalue weighted by atomic mass is 32.2. The third-order valence-electron chi connectivity index (χ3n) is 5.94. The third-order valence-corrected chi connectivity index (χ3v) is 7.73. The number of carbonyl (C=O) groups excluding carboxylic acids is 1. The molecule has 0 aliphatic heterocycles. The van der Waals surface area contributed by atoms with Crippen LogP contribution in [0.2, 0.25) is 0 Å². The van der Waals surface area contributed by atoms with E-state index < -0.39 is 22.5 Å². The molecule has 1 amide bonds. The Labute approximate surface area is 230 Å². The summed E-state index contributed by atoms with van der Waals surface area (Å²) in [7, 11) is -4.01. The monoisotopic (exact) mass is 544 g/mol. The molecule has 7 nitrogen and oxygen atoms in total. The molecule has 0 spiro atoms. The Morgan fingerprint density at radius 1 is 0.795 bits per heavy atom. The molecule has 0 aromatic heterocycles. The Bertz CT molecular complexity index is 1460. The van der Waals surface area contributed by atoms with Gasteiger partial charge in [0.15, 0.2) is 0 Å². The van der Waals surface area contributed by atoms with Gasteiger partial charge >= 0.3 is 0 Å². The quantitative estimate of drug-likeness (QED) is 0.221. The van der Waals surface area contributed by atoms with Crippen LogP contribution in [0.1, 0.15) is 25.3 Å². The first-order valence-electron chi connectivity index (χ1n) is 12.7. The van der Waals surface area contributed by atoms with Crippen molar-refractivity contribution in [3.05, 3.63) is 115 Å². The summed E-state index contributed by atoms with van der Waals surface area (Å²) in [6.45, 7) is 4.28. The minimum atomic E-state index is -4.01. The molecule has 8 heteroatoms. The second kappa shape index (κ2) is 13.0. The number of nitrogens with one attached hydrogen (secondary N) is 1. The van der Waals surface area contributed by atoms with Gasteiger partial charge in [-0.3, -0.25) is 9.10 Å². The van der Waals surface area contributed by atoms with E-state index in [1.54, 1.807) is 42.5 Å². The number of nitrogens with zero attached hydrogens (tertiary/aromatic N) is 1. The zero-order chi connectivity index (χ0) is 27.7. The summed E-state index contributed by atoms with van der Waals surface area (Å²) < 4.78 is 39.9. The number of anilines is 1. The van der Waals surface area contributed by atoms with Gasteiger partial charge in [0.05, 0.1) is 17.1 Å². The second-order valence-corrected chi connectivity index (χ2v) is 11.0. The Balaban J connectivity index is 1.45. The molecule has 202 valence electrons. The molecule has 4 rings (SSSR count). The third kappa shape index (κ3) is 7.39. The van der Waals surface area contributed by atoms with Gasteiger partial charge in [-0.15, -0.1) is 0 Å². The summed E-state index contributed by atoms with van der Waals surface area (Å²) in [5.41, 5.74) is 1.43. The summed E-state index contributed by atoms with van der Waals surface area (Å²) in [6, 6.07) is 31.7. The van der Waals surface area contributed by atoms with Crippen LogP contribution in [0, 0.1) is 0 Å². The molecule has 4 aromatic rings. The highest BCUT2D eigenvalue weighted by molar-refractivity contribution is 7.92. The van der Waals surface area contributed by atoms with Crippen molar-refractivity contribution in [2.45, 2.75) is 24.7 Å². The fraction of sp³-hybridized carbons (Fsp3) is 0.194. The number of ether oxygens (including phenoxy) is 2. The van der Waals surface area contributed by atoms with Crippen LogP contribution >= 0.6 is 0 Å². The standard InChI is InChI=1S/C31H32N2O5S/c1-24(2)29-15-9-10-16-30(29)37-22-21-32-31(34)23-33(39(35,36)28-13-7-4-8-14-28)25-17-19-27(20-18-25)38-26-11-5-3-6-12-26/h3-20,24H,21-23H2,1-2H3,(H,32,34). The lowest BCUT2D eigenvalue weighted by molar-refractivity contribution is -0.119. The van der Waals surface area contributed by atoms with E-state index in [4.69, 9.17) is 9.47 Å². The van der Waals surface area contributed by atoms with Gasteiger partial charge < -0.3 is 14.8 Å². The average molecular weight is 545 g/mol. The number of hydrogen-bond acceptors (Lipinski definition) is 5. The summed E-state index contributed by atoms with van der Waals surface area (Å²) in [5, 5.41) is 2.77. The highest BCUT2D eigenvalue weighted by Crippen LogP contribution is 2.28. The fourth-order valence-corrected chi connectivity index (χ4v) is 5.41. The molecule has 0 bridgehead atoms. The summed E-state index contributed by atoms with van der Waals surface area (Å²) in [5.74, 6) is 1.84. The first-order chi connectivity index (χ1) is 18.8. The lowest BCUT2D eigenvalue weighted by atomic mass is 10.0. The Hall–Kier alpha value is -4.30. The predicted octanol–water partition coefficient (Wildman–Crippen LogP) is 5.99. The number of sulfonamides is 1. The lowest BCUT2D eigenvalue weighted by Gasteiger charge is -2.24. The van der Waals surface area contributed by atoms with Crippen LogP contribution in [0.4, 0.5) is 5.69 Å². The van der Waals surface area contributed by atoms with E-state index in [-0.39, 0.29) is 18.0 Å². The largest absolute Gasteiger partial charge is 0.491 e. The maximum absolute atomic E-state index is 13.6. The van der Waals surface area contributed by atoms with Gasteiger partial charge in [0.25, 0.3) is 10.0 Å². The van der Waals surface area contributed by atoms with Crippen LogP contribution in [-0.4, -0.2) is 34.0 Å². The van der Waals surface area contributed by atoms with Gasteiger partial charge in [-0.25, -0.2) is 8.42 Å². The average Bonchev–Trinajstić information content (AvgIpc) is 2.95. The van der Waals surface area contributed by atoms with Crippen molar-refractivity contribution >= 4 is 21.6 Å². The van der Waals surface area contributed by atoms with Gasteiger partial charge in [-0.1, -0.05) is 68.4 Å². The lowest BCUT2D eigenvalue weighted by Crippen LogP contribution is -2.41. The SMILES string of the molecule is CC(C)c1ccccc1OCCNC(=O)CN(c1ccc(Oc2ccccc2)cc1)S(=O)(=O)c1ccccc1. The summed E-state index contributed by atoms with van der Waals surface area (Å²) in [6.07, 6.45) is 0. The molecule has 0 heterocycles. The van der Waals surface area contributed by atoms with Gasteiger partial charge in [0, 0.05) is 0 Å². The fourth-order valence-electron chi connectivity index (χ4n) is 3.97. The van der Waals surface area contributed by atoms with Crippen LogP contribution < -0.4 is 19.1 Å². The number of carbonyl (C=O) groups is 1. The smallest absolute Gasteiger partial charge is 0.264 e. The van der Waals surface area contributed by atoms with Gasteiger partial charge in [0.2, 0.25) is 5.91 Å². The van der Waals surface area contributed by atoms with Crippen molar-refractivity contribution < 1.29 is 22.7 Å². The zero-order valence-electron chi connectivity index (χ0n) is 22.0. The molecule has 0 saturated heterocycles. The van der Waals surface area contributed by atoms with Crippen LogP contribution in [0.5, 0.6) is 17.2 Å². The molecule has 0 aliphatic carbocycles. The van der Waals surface area contributed by atoms with Crippen molar-refractivity contribution in [1.29, 1.82) is 0 Å². The first kappa shape index (κ1) is 27.7. The van der Waals surface area contributed by atoms with Gasteiger partial charge in [-0.2, -0.15) is 0 Å². The maximum Gasteiger partial charge on any atom is 0.264 e. The highest BCUT2D eigenvalue weighted by Gasteiger charge is 2.27. The van der Waals surface area contributed by atoms with E-state index in [2.05, 4.69) is 19.2 Å². The molecule has 39 heavy (non-hydrogen) atoms. The van der Waals surface area contributed by atoms with Crippen LogP contribution in [0.25, 0.3) is 0 Å². The molecule has 0 unspecified atom stereocenters. The van der Waals surface area contributed by atoms with E-state index in [1.165, 1.54) is 12.1 Å². The Kier molecular flexibility index (Phi) is 9.22. The minimum absolute atomic E-state index is 0.0936.